The number of benzene rings is 2. The van der Waals surface area contributed by atoms with Crippen LogP contribution in [0.3, 0.4) is 0 Å². The van der Waals surface area contributed by atoms with Gasteiger partial charge in [0.25, 0.3) is 17.5 Å². The largest absolute Gasteiger partial charge is 0.534 e. The van der Waals surface area contributed by atoms with E-state index in [1.165, 1.54) is 20.1 Å². The Kier molecular flexibility index (Phi) is 17.0. The molecule has 1 fully saturated rings. The summed E-state index contributed by atoms with van der Waals surface area (Å²) in [6.07, 6.45) is -2.43. The molecule has 0 radical (unpaired) electrons. The predicted molar refractivity (Wildman–Crippen MR) is 190 cm³/mol. The molecule has 1 aliphatic heterocycles. The lowest BCUT2D eigenvalue weighted by atomic mass is 10.1. The van der Waals surface area contributed by atoms with E-state index in [2.05, 4.69) is 30.5 Å². The van der Waals surface area contributed by atoms with Crippen LogP contribution in [-0.4, -0.2) is 121 Å². The molecule has 1 aliphatic rings. The lowest BCUT2D eigenvalue weighted by Crippen LogP contribution is -2.32. The third-order valence-electron chi connectivity index (χ3n) is 7.70. The van der Waals surface area contributed by atoms with Gasteiger partial charge in [0.15, 0.2) is 17.3 Å². The van der Waals surface area contributed by atoms with Gasteiger partial charge < -0.3 is 38.5 Å². The number of carbonyl (C=O) groups excluding carboxylic acids is 4. The molecular formula is C35H43N7O14. The first-order valence-electron chi connectivity index (χ1n) is 17.6. The molecule has 3 aromatic rings. The van der Waals surface area contributed by atoms with E-state index in [-0.39, 0.29) is 55.4 Å². The number of nitrogens with zero attached hydrogens (tertiary/aromatic N) is 6. The van der Waals surface area contributed by atoms with Crippen LogP contribution in [-0.2, 0) is 38.2 Å². The topological polar surface area (TPSA) is 252 Å². The lowest BCUT2D eigenvalue weighted by molar-refractivity contribution is -0.386. The number of carbonyl (C=O) groups is 4. The maximum atomic E-state index is 12.2. The van der Waals surface area contributed by atoms with Crippen LogP contribution in [0.25, 0.3) is 11.4 Å². The fraction of sp³-hybridized carbons (Fsp3) is 0.486. The van der Waals surface area contributed by atoms with E-state index in [9.17, 15) is 29.3 Å². The molecule has 0 spiro atoms. The molecule has 1 saturated heterocycles. The molecule has 4 rings (SSSR count). The number of hydrogen-bond acceptors (Lipinski definition) is 18. The molecule has 56 heavy (non-hydrogen) atoms. The number of aromatic nitrogens is 4. The Bertz CT molecular complexity index is 1760. The fourth-order valence-corrected chi connectivity index (χ4v) is 4.90. The standard InChI is InChI=1S/C35H43N7O14/c1-23(55-35(46)56-41-32(44)10-11-33(41)45)27-21-29(49-3)30(22-28(27)42(47)48)54-13-4-5-31(43)36-12-14-50-15-16-51-17-18-52-19-20-53-26-8-6-25(7-9-26)34-39-37-24(2)38-40-34/h6-9,21-23H,4-5,10-20H2,1-3H3,(H,36,43). The van der Waals surface area contributed by atoms with Gasteiger partial charge in [-0.3, -0.25) is 29.3 Å². The first kappa shape index (κ1) is 42.7. The zero-order valence-electron chi connectivity index (χ0n) is 31.1. The Labute approximate surface area is 320 Å². The molecule has 21 nitrogen and oxygen atoms in total. The molecule has 21 heteroatoms. The van der Waals surface area contributed by atoms with E-state index < -0.39 is 34.7 Å². The quantitative estimate of drug-likeness (QED) is 0.0450. The molecule has 1 unspecified atom stereocenters. The van der Waals surface area contributed by atoms with Crippen LogP contribution in [0.4, 0.5) is 10.5 Å². The fourth-order valence-electron chi connectivity index (χ4n) is 4.90. The molecule has 1 N–H and O–H groups in total. The molecule has 0 saturated carbocycles. The summed E-state index contributed by atoms with van der Waals surface area (Å²) in [4.78, 5) is 63.6. The van der Waals surface area contributed by atoms with Crippen molar-refractivity contribution in [2.45, 2.75) is 45.6 Å². The van der Waals surface area contributed by atoms with Gasteiger partial charge in [-0.25, -0.2) is 4.79 Å². The second-order valence-corrected chi connectivity index (χ2v) is 11.8. The van der Waals surface area contributed by atoms with E-state index in [1.54, 1.807) is 6.92 Å². The summed E-state index contributed by atoms with van der Waals surface area (Å²) >= 11 is 0. The van der Waals surface area contributed by atoms with E-state index in [1.807, 2.05) is 24.3 Å². The van der Waals surface area contributed by atoms with Crippen molar-refractivity contribution >= 4 is 29.6 Å². The number of hydrogen-bond donors (Lipinski definition) is 1. The van der Waals surface area contributed by atoms with Gasteiger partial charge in [-0.1, -0.05) is 5.06 Å². The van der Waals surface area contributed by atoms with Gasteiger partial charge in [0.1, 0.15) is 18.5 Å². The highest BCUT2D eigenvalue weighted by Crippen LogP contribution is 2.38. The van der Waals surface area contributed by atoms with Crippen molar-refractivity contribution in [3.63, 3.8) is 0 Å². The molecule has 2 heterocycles. The highest BCUT2D eigenvalue weighted by atomic mass is 16.8. The van der Waals surface area contributed by atoms with Crippen LogP contribution in [0.1, 0.15) is 50.1 Å². The van der Waals surface area contributed by atoms with Crippen LogP contribution < -0.4 is 19.5 Å². The molecular weight excluding hydrogens is 742 g/mol. The minimum Gasteiger partial charge on any atom is -0.493 e. The van der Waals surface area contributed by atoms with Crippen molar-refractivity contribution in [3.8, 4) is 28.6 Å². The first-order chi connectivity index (χ1) is 27.0. The lowest BCUT2D eigenvalue weighted by Gasteiger charge is -2.18. The summed E-state index contributed by atoms with van der Waals surface area (Å²) in [5, 5.41) is 30.7. The normalized spacial score (nSPS) is 12.9. The van der Waals surface area contributed by atoms with Gasteiger partial charge in [0.05, 0.1) is 69.9 Å². The summed E-state index contributed by atoms with van der Waals surface area (Å²) in [6, 6.07) is 9.65. The highest BCUT2D eigenvalue weighted by Gasteiger charge is 2.34. The minimum absolute atomic E-state index is 0.0343. The molecule has 0 aliphatic carbocycles. The third-order valence-corrected chi connectivity index (χ3v) is 7.70. The van der Waals surface area contributed by atoms with Crippen molar-refractivity contribution in [3.05, 3.63) is 57.9 Å². The van der Waals surface area contributed by atoms with Gasteiger partial charge in [-0.05, 0) is 50.6 Å². The number of hydroxylamine groups is 2. The first-order valence-corrected chi connectivity index (χ1v) is 17.6. The van der Waals surface area contributed by atoms with E-state index in [0.29, 0.717) is 75.1 Å². The number of amides is 3. The summed E-state index contributed by atoms with van der Waals surface area (Å²) < 4.78 is 38.2. The Balaban J connectivity index is 1.01. The van der Waals surface area contributed by atoms with E-state index >= 15 is 0 Å². The molecule has 0 bridgehead atoms. The SMILES string of the molecule is COc1cc(C(C)OC(=O)ON2C(=O)CCC2=O)c([N+](=O)[O-])cc1OCCCC(=O)NCCOCCOCCOCCOc1ccc(-c2nnc(C)nn2)cc1. The van der Waals surface area contributed by atoms with Crippen molar-refractivity contribution in [1.82, 2.24) is 30.8 Å². The Morgan fingerprint density at radius 3 is 2.11 bits per heavy atom. The van der Waals surface area contributed by atoms with Gasteiger partial charge in [-0.2, -0.15) is 0 Å². The van der Waals surface area contributed by atoms with Crippen LogP contribution in [0.15, 0.2) is 36.4 Å². The van der Waals surface area contributed by atoms with Crippen molar-refractivity contribution in [2.75, 3.05) is 66.5 Å². The maximum Gasteiger partial charge on any atom is 0.534 e. The summed E-state index contributed by atoms with van der Waals surface area (Å²) in [7, 11) is 1.32. The second kappa shape index (κ2) is 22.4. The van der Waals surface area contributed by atoms with Gasteiger partial charge in [-0.15, -0.1) is 20.4 Å². The molecule has 1 aromatic heterocycles. The summed E-state index contributed by atoms with van der Waals surface area (Å²) in [6.45, 7) is 5.90. The van der Waals surface area contributed by atoms with Crippen LogP contribution in [0.5, 0.6) is 17.2 Å². The van der Waals surface area contributed by atoms with Crippen molar-refractivity contribution in [1.29, 1.82) is 0 Å². The second-order valence-electron chi connectivity index (χ2n) is 11.8. The Morgan fingerprint density at radius 1 is 0.857 bits per heavy atom. The minimum atomic E-state index is -1.39. The molecule has 3 amide bonds. The smallest absolute Gasteiger partial charge is 0.493 e. The van der Waals surface area contributed by atoms with E-state index in [4.69, 9.17) is 33.2 Å². The summed E-state index contributed by atoms with van der Waals surface area (Å²) in [5.74, 6) is 0.114. The predicted octanol–water partition coefficient (Wildman–Crippen LogP) is 2.84. The maximum absolute atomic E-state index is 12.2. The van der Waals surface area contributed by atoms with E-state index in [0.717, 1.165) is 11.6 Å². The van der Waals surface area contributed by atoms with Gasteiger partial charge >= 0.3 is 6.16 Å². The highest BCUT2D eigenvalue weighted by molar-refractivity contribution is 6.01. The third kappa shape index (κ3) is 13.7. The van der Waals surface area contributed by atoms with Gasteiger partial charge in [0.2, 0.25) is 11.7 Å². The number of rotatable bonds is 24. The number of nitro groups is 1. The van der Waals surface area contributed by atoms with Crippen LogP contribution >= 0.6 is 0 Å². The molecule has 1 atom stereocenters. The zero-order valence-corrected chi connectivity index (χ0v) is 31.1. The number of ether oxygens (including phenoxy) is 7. The van der Waals surface area contributed by atoms with Gasteiger partial charge in [0, 0.05) is 31.4 Å². The van der Waals surface area contributed by atoms with Crippen LogP contribution in [0.2, 0.25) is 0 Å². The average molecular weight is 786 g/mol. The number of methoxy groups -OCH3 is 1. The van der Waals surface area contributed by atoms with Crippen molar-refractivity contribution in [2.24, 2.45) is 0 Å². The zero-order chi connectivity index (χ0) is 40.3. The van der Waals surface area contributed by atoms with Crippen LogP contribution in [0, 0.1) is 17.0 Å². The Hall–Kier alpha value is -6.06. The number of nitro benzene ring substituents is 1. The van der Waals surface area contributed by atoms with Crippen molar-refractivity contribution < 1.29 is 62.1 Å². The monoisotopic (exact) mass is 785 g/mol. The number of nitrogens with one attached hydrogen (secondary N) is 1. The molecule has 302 valence electrons. The summed E-state index contributed by atoms with van der Waals surface area (Å²) in [5.41, 5.74) is 0.282. The number of imide groups is 1. The molecule has 2 aromatic carbocycles. The number of aryl methyl sites for hydroxylation is 1. The average Bonchev–Trinajstić information content (AvgIpc) is 3.50. The Morgan fingerprint density at radius 2 is 1.48 bits per heavy atom.